The summed E-state index contributed by atoms with van der Waals surface area (Å²) in [4.78, 5) is 0. The third-order valence-electron chi connectivity index (χ3n) is 2.13. The molecule has 0 fully saturated rings. The Hall–Kier alpha value is -1.51. The van der Waals surface area contributed by atoms with Crippen molar-refractivity contribution in [1.29, 1.82) is 0 Å². The summed E-state index contributed by atoms with van der Waals surface area (Å²) >= 11 is 0. The van der Waals surface area contributed by atoms with Crippen molar-refractivity contribution in [2.75, 3.05) is 5.73 Å². The zero-order valence-electron chi connectivity index (χ0n) is 8.49. The molecule has 2 rings (SSSR count). The van der Waals surface area contributed by atoms with Crippen LogP contribution >= 0.6 is 0 Å². The van der Waals surface area contributed by atoms with Gasteiger partial charge in [0.05, 0.1) is 11.7 Å². The Labute approximate surface area is 83.5 Å². The van der Waals surface area contributed by atoms with Gasteiger partial charge in [-0.15, -0.1) is 0 Å². The largest absolute Gasteiger partial charge is 0.399 e. The van der Waals surface area contributed by atoms with Crippen LogP contribution in [0.15, 0.2) is 24.4 Å². The van der Waals surface area contributed by atoms with Crippen LogP contribution in [-0.4, -0.2) is 9.78 Å². The summed E-state index contributed by atoms with van der Waals surface area (Å²) in [6.45, 7) is 5.05. The predicted octanol–water partition coefficient (Wildman–Crippen LogP) is 2.23. The maximum Gasteiger partial charge on any atom is 0.0703 e. The highest BCUT2D eigenvalue weighted by molar-refractivity contribution is 5.81. The van der Waals surface area contributed by atoms with Gasteiger partial charge in [-0.25, -0.2) is 0 Å². The minimum atomic E-state index is 0.785. The molecule has 0 atom stereocenters. The normalized spacial score (nSPS) is 11.4. The molecule has 0 spiro atoms. The zero-order chi connectivity index (χ0) is 10.1. The Morgan fingerprint density at radius 2 is 2.21 bits per heavy atom. The predicted molar refractivity (Wildman–Crippen MR) is 58.7 cm³/mol. The summed E-state index contributed by atoms with van der Waals surface area (Å²) in [5.41, 5.74) is 7.62. The molecule has 0 bridgehead atoms. The van der Waals surface area contributed by atoms with E-state index < -0.39 is 0 Å². The first-order valence-electron chi connectivity index (χ1n) is 4.67. The van der Waals surface area contributed by atoms with Gasteiger partial charge < -0.3 is 5.73 Å². The van der Waals surface area contributed by atoms with E-state index in [0.29, 0.717) is 0 Å². The number of nitrogens with zero attached hydrogens (tertiary/aromatic N) is 2. The zero-order valence-corrected chi connectivity index (χ0v) is 8.49. The van der Waals surface area contributed by atoms with Crippen molar-refractivity contribution in [3.8, 4) is 0 Å². The Kier molecular flexibility index (Phi) is 2.15. The van der Waals surface area contributed by atoms with E-state index >= 15 is 0 Å². The fraction of sp³-hybridized carbons (Fsp3) is 0.273. The first-order valence-corrected chi connectivity index (χ1v) is 4.67. The lowest BCUT2D eigenvalue weighted by Crippen LogP contribution is -2.04. The maximum atomic E-state index is 5.73. The highest BCUT2D eigenvalue weighted by Crippen LogP contribution is 2.18. The van der Waals surface area contributed by atoms with Crippen molar-refractivity contribution in [3.05, 3.63) is 30.3 Å². The van der Waals surface area contributed by atoms with Crippen LogP contribution in [0.1, 0.15) is 13.8 Å². The molecule has 2 aromatic rings. The number of fused-ring (bicyclic) bond motifs is 1. The van der Waals surface area contributed by atoms with Gasteiger partial charge in [-0.3, -0.25) is 4.68 Å². The molecule has 1 aromatic carbocycles. The lowest BCUT2D eigenvalue weighted by Gasteiger charge is -2.05. The van der Waals surface area contributed by atoms with Crippen LogP contribution in [0.25, 0.3) is 10.9 Å². The number of aromatic nitrogens is 2. The van der Waals surface area contributed by atoms with Crippen LogP contribution < -0.4 is 5.73 Å². The quantitative estimate of drug-likeness (QED) is 0.734. The van der Waals surface area contributed by atoms with Gasteiger partial charge in [-0.2, -0.15) is 5.10 Å². The van der Waals surface area contributed by atoms with Crippen LogP contribution in [0.3, 0.4) is 0 Å². The Morgan fingerprint density at radius 3 is 2.93 bits per heavy atom. The summed E-state index contributed by atoms with van der Waals surface area (Å²) < 4.78 is 1.97. The Balaban J connectivity index is 2.50. The summed E-state index contributed by atoms with van der Waals surface area (Å²) in [7, 11) is 0. The molecule has 73 valence electrons. The van der Waals surface area contributed by atoms with Crippen LogP contribution in [0.2, 0.25) is 0 Å². The molecule has 1 aromatic heterocycles. The Bertz CT molecular complexity index is 443. The molecular formula is C11H14N3. The highest BCUT2D eigenvalue weighted by Gasteiger charge is 2.04. The summed E-state index contributed by atoms with van der Waals surface area (Å²) in [5, 5.41) is 5.46. The average molecular weight is 188 g/mol. The smallest absolute Gasteiger partial charge is 0.0703 e. The van der Waals surface area contributed by atoms with Gasteiger partial charge in [0, 0.05) is 17.6 Å². The molecule has 3 nitrogen and oxygen atoms in total. The molecule has 1 radical (unpaired) electrons. The van der Waals surface area contributed by atoms with E-state index in [9.17, 15) is 0 Å². The van der Waals surface area contributed by atoms with E-state index in [-0.39, 0.29) is 0 Å². The van der Waals surface area contributed by atoms with Crippen molar-refractivity contribution < 1.29 is 0 Å². The lowest BCUT2D eigenvalue weighted by molar-refractivity contribution is 0.650. The third kappa shape index (κ3) is 1.58. The number of anilines is 1. The number of hydrogen-bond acceptors (Lipinski definition) is 2. The fourth-order valence-corrected chi connectivity index (χ4v) is 1.51. The molecule has 2 N–H and O–H groups in total. The summed E-state index contributed by atoms with van der Waals surface area (Å²) in [5.74, 6) is 1.33. The third-order valence-corrected chi connectivity index (χ3v) is 2.13. The summed E-state index contributed by atoms with van der Waals surface area (Å²) in [6, 6.07) is 5.86. The van der Waals surface area contributed by atoms with Gasteiger partial charge in [-0.05, 0) is 24.1 Å². The average Bonchev–Trinajstić information content (AvgIpc) is 2.47. The molecule has 0 aliphatic rings. The van der Waals surface area contributed by atoms with Crippen molar-refractivity contribution in [3.63, 3.8) is 0 Å². The van der Waals surface area contributed by atoms with Crippen LogP contribution in [-0.2, 0) is 6.54 Å². The van der Waals surface area contributed by atoms with E-state index in [2.05, 4.69) is 18.9 Å². The van der Waals surface area contributed by atoms with Crippen molar-refractivity contribution in [2.24, 2.45) is 0 Å². The Morgan fingerprint density at radius 1 is 1.43 bits per heavy atom. The molecule has 0 saturated heterocycles. The van der Waals surface area contributed by atoms with Crippen LogP contribution in [0.4, 0.5) is 5.69 Å². The number of nitrogen functional groups attached to an aromatic ring is 1. The van der Waals surface area contributed by atoms with Crippen LogP contribution in [0.5, 0.6) is 0 Å². The molecule has 14 heavy (non-hydrogen) atoms. The number of nitrogens with two attached hydrogens (primary N) is 1. The topological polar surface area (TPSA) is 43.8 Å². The molecule has 0 aliphatic carbocycles. The lowest BCUT2D eigenvalue weighted by atomic mass is 10.2. The van der Waals surface area contributed by atoms with Crippen molar-refractivity contribution >= 4 is 16.6 Å². The molecule has 3 heteroatoms. The molecular weight excluding hydrogens is 174 g/mol. The van der Waals surface area contributed by atoms with E-state index in [4.69, 9.17) is 5.73 Å². The second-order valence-electron chi connectivity index (χ2n) is 3.83. The molecule has 0 saturated carbocycles. The second-order valence-corrected chi connectivity index (χ2v) is 3.83. The number of rotatable bonds is 2. The van der Waals surface area contributed by atoms with Gasteiger partial charge >= 0.3 is 0 Å². The standard InChI is InChI=1S/C11H14N3/c1-8(2)7-14-11-5-10(12)4-3-9(11)6-13-14/h3-6H,7,12H2,1-2H3. The first kappa shape index (κ1) is 9.06. The SMILES string of the molecule is C[C](C)Cn1ncc2ccc(N)cc21. The monoisotopic (exact) mass is 188 g/mol. The van der Waals surface area contributed by atoms with E-state index in [1.54, 1.807) is 0 Å². The van der Waals surface area contributed by atoms with Gasteiger partial charge in [0.15, 0.2) is 0 Å². The van der Waals surface area contributed by atoms with Gasteiger partial charge in [0.1, 0.15) is 0 Å². The minimum Gasteiger partial charge on any atom is -0.399 e. The molecule has 0 amide bonds. The fourth-order valence-electron chi connectivity index (χ4n) is 1.51. The summed E-state index contributed by atoms with van der Waals surface area (Å²) in [6.07, 6.45) is 1.87. The van der Waals surface area contributed by atoms with Gasteiger partial charge in [0.2, 0.25) is 0 Å². The minimum absolute atomic E-state index is 0.785. The molecule has 0 aliphatic heterocycles. The second kappa shape index (κ2) is 3.33. The highest BCUT2D eigenvalue weighted by atomic mass is 15.3. The van der Waals surface area contributed by atoms with Crippen molar-refractivity contribution in [1.82, 2.24) is 9.78 Å². The van der Waals surface area contributed by atoms with Gasteiger partial charge in [-0.1, -0.05) is 13.8 Å². The van der Waals surface area contributed by atoms with Crippen molar-refractivity contribution in [2.45, 2.75) is 20.4 Å². The van der Waals surface area contributed by atoms with E-state index in [0.717, 1.165) is 23.1 Å². The van der Waals surface area contributed by atoms with Gasteiger partial charge in [0.25, 0.3) is 0 Å². The number of benzene rings is 1. The number of hydrogen-bond donors (Lipinski definition) is 1. The van der Waals surface area contributed by atoms with E-state index in [1.807, 2.05) is 29.1 Å². The van der Waals surface area contributed by atoms with Crippen LogP contribution in [0, 0.1) is 5.92 Å². The first-order chi connectivity index (χ1) is 6.66. The molecule has 0 unspecified atom stereocenters. The maximum absolute atomic E-state index is 5.73. The molecule has 1 heterocycles. The van der Waals surface area contributed by atoms with E-state index in [1.165, 1.54) is 5.92 Å².